The number of alkyl halides is 3. The minimum Gasteiger partial charge on any atom is -0.378 e. The molecule has 1 aromatic rings. The molecule has 0 aromatic heterocycles. The van der Waals surface area contributed by atoms with Crippen LogP contribution in [0.4, 0.5) is 24.5 Å². The van der Waals surface area contributed by atoms with Gasteiger partial charge in [-0.2, -0.15) is 13.2 Å². The van der Waals surface area contributed by atoms with Crippen LogP contribution < -0.4 is 15.5 Å². The molecule has 1 aromatic carbocycles. The van der Waals surface area contributed by atoms with Crippen LogP contribution >= 0.6 is 0 Å². The van der Waals surface area contributed by atoms with Gasteiger partial charge in [-0.15, -0.1) is 0 Å². The first-order valence-electron chi connectivity index (χ1n) is 7.67. The average molecular weight is 343 g/mol. The van der Waals surface area contributed by atoms with Crippen LogP contribution in [0.5, 0.6) is 0 Å². The zero-order valence-electron chi connectivity index (χ0n) is 13.5. The van der Waals surface area contributed by atoms with Gasteiger partial charge in [0.25, 0.3) is 0 Å². The first-order valence-corrected chi connectivity index (χ1v) is 7.67. The third-order valence-corrected chi connectivity index (χ3v) is 3.88. The normalized spacial score (nSPS) is 18.5. The van der Waals surface area contributed by atoms with Crippen molar-refractivity contribution >= 4 is 23.2 Å². The molecule has 1 aliphatic rings. The van der Waals surface area contributed by atoms with E-state index in [1.54, 1.807) is 19.0 Å². The van der Waals surface area contributed by atoms with Crippen molar-refractivity contribution in [1.82, 2.24) is 5.32 Å². The minimum atomic E-state index is -4.60. The molecule has 2 rings (SSSR count). The second-order valence-corrected chi connectivity index (χ2v) is 5.98. The van der Waals surface area contributed by atoms with E-state index in [1.807, 2.05) is 0 Å². The Morgan fingerprint density at radius 2 is 2.00 bits per heavy atom. The third-order valence-electron chi connectivity index (χ3n) is 3.88. The Morgan fingerprint density at radius 3 is 2.62 bits per heavy atom. The lowest BCUT2D eigenvalue weighted by Gasteiger charge is -2.21. The molecule has 1 atom stereocenters. The van der Waals surface area contributed by atoms with Crippen LogP contribution in [0.25, 0.3) is 0 Å². The molecule has 132 valence electrons. The topological polar surface area (TPSA) is 61.4 Å². The second-order valence-electron chi connectivity index (χ2n) is 5.98. The van der Waals surface area contributed by atoms with Gasteiger partial charge in [0.05, 0.1) is 11.3 Å². The van der Waals surface area contributed by atoms with Crippen LogP contribution in [-0.2, 0) is 15.8 Å². The second kappa shape index (κ2) is 7.11. The van der Waals surface area contributed by atoms with Crippen LogP contribution in [0.3, 0.4) is 0 Å². The quantitative estimate of drug-likeness (QED) is 0.887. The highest BCUT2D eigenvalue weighted by Crippen LogP contribution is 2.37. The van der Waals surface area contributed by atoms with Gasteiger partial charge in [0.2, 0.25) is 11.8 Å². The standard InChI is InChI=1S/C16H20F3N3O2/c1-22(2)10-7-8-12(11(9-10)16(17,18)19)21-15(24)13-5-3-4-6-14(23)20-13/h7-9,13H,3-6H2,1-2H3,(H,20,23)(H,21,24). The maximum Gasteiger partial charge on any atom is 0.418 e. The number of halogens is 3. The Morgan fingerprint density at radius 1 is 1.29 bits per heavy atom. The van der Waals surface area contributed by atoms with E-state index in [4.69, 9.17) is 0 Å². The maximum atomic E-state index is 13.3. The molecule has 1 heterocycles. The summed E-state index contributed by atoms with van der Waals surface area (Å²) in [5.74, 6) is -0.889. The summed E-state index contributed by atoms with van der Waals surface area (Å²) in [6.07, 6.45) is -2.52. The van der Waals surface area contributed by atoms with Gasteiger partial charge in [0, 0.05) is 26.2 Å². The van der Waals surface area contributed by atoms with E-state index in [0.717, 1.165) is 6.07 Å². The first kappa shape index (κ1) is 18.1. The van der Waals surface area contributed by atoms with Gasteiger partial charge in [-0.3, -0.25) is 9.59 Å². The van der Waals surface area contributed by atoms with Crippen molar-refractivity contribution in [3.8, 4) is 0 Å². The number of rotatable bonds is 3. The molecule has 0 radical (unpaired) electrons. The Labute approximate surface area is 138 Å². The number of hydrogen-bond donors (Lipinski definition) is 2. The number of anilines is 2. The molecule has 24 heavy (non-hydrogen) atoms. The molecule has 2 N–H and O–H groups in total. The third kappa shape index (κ3) is 4.39. The van der Waals surface area contributed by atoms with Crippen molar-refractivity contribution in [3.63, 3.8) is 0 Å². The summed E-state index contributed by atoms with van der Waals surface area (Å²) in [6, 6.07) is 2.90. The van der Waals surface area contributed by atoms with Gasteiger partial charge in [0.15, 0.2) is 0 Å². The van der Waals surface area contributed by atoms with Gasteiger partial charge in [-0.1, -0.05) is 6.42 Å². The molecule has 2 amide bonds. The van der Waals surface area contributed by atoms with Crippen molar-refractivity contribution in [1.29, 1.82) is 0 Å². The Kier molecular flexibility index (Phi) is 5.36. The highest BCUT2D eigenvalue weighted by molar-refractivity contribution is 5.98. The van der Waals surface area contributed by atoms with Crippen LogP contribution in [0.1, 0.15) is 31.2 Å². The summed E-state index contributed by atoms with van der Waals surface area (Å²) < 4.78 is 39.8. The summed E-state index contributed by atoms with van der Waals surface area (Å²) in [6.45, 7) is 0. The monoisotopic (exact) mass is 343 g/mol. The lowest BCUT2D eigenvalue weighted by molar-refractivity contribution is -0.137. The Hall–Kier alpha value is -2.25. The Balaban J connectivity index is 2.24. The van der Waals surface area contributed by atoms with Gasteiger partial charge in [-0.05, 0) is 31.0 Å². The van der Waals surface area contributed by atoms with Gasteiger partial charge in [-0.25, -0.2) is 0 Å². The summed E-state index contributed by atoms with van der Waals surface area (Å²) in [4.78, 5) is 25.3. The number of hydrogen-bond acceptors (Lipinski definition) is 3. The number of nitrogens with zero attached hydrogens (tertiary/aromatic N) is 1. The molecule has 0 spiro atoms. The van der Waals surface area contributed by atoms with Gasteiger partial charge in [0.1, 0.15) is 6.04 Å². The largest absolute Gasteiger partial charge is 0.418 e. The number of benzene rings is 1. The molecular weight excluding hydrogens is 323 g/mol. The molecule has 1 saturated heterocycles. The summed E-state index contributed by atoms with van der Waals surface area (Å²) in [5, 5.41) is 4.86. The van der Waals surface area contributed by atoms with Crippen LogP contribution in [0.15, 0.2) is 18.2 Å². The predicted octanol–water partition coefficient (Wildman–Crippen LogP) is 2.77. The summed E-state index contributed by atoms with van der Waals surface area (Å²) >= 11 is 0. The summed E-state index contributed by atoms with van der Waals surface area (Å²) in [7, 11) is 3.27. The fourth-order valence-corrected chi connectivity index (χ4v) is 2.54. The van der Waals surface area contributed by atoms with Crippen LogP contribution in [-0.4, -0.2) is 32.0 Å². The van der Waals surface area contributed by atoms with Gasteiger partial charge >= 0.3 is 6.18 Å². The van der Waals surface area contributed by atoms with E-state index in [2.05, 4.69) is 10.6 Å². The van der Waals surface area contributed by atoms with Crippen LogP contribution in [0, 0.1) is 0 Å². The molecule has 1 fully saturated rings. The highest BCUT2D eigenvalue weighted by Gasteiger charge is 2.35. The fourth-order valence-electron chi connectivity index (χ4n) is 2.54. The zero-order chi connectivity index (χ0) is 17.9. The molecule has 8 heteroatoms. The zero-order valence-corrected chi connectivity index (χ0v) is 13.5. The molecule has 0 aliphatic carbocycles. The molecule has 5 nitrogen and oxygen atoms in total. The SMILES string of the molecule is CN(C)c1ccc(NC(=O)C2CCCCC(=O)N2)c(C(F)(F)F)c1. The van der Waals surface area contributed by atoms with Crippen molar-refractivity contribution in [2.24, 2.45) is 0 Å². The number of carbonyl (C=O) groups is 2. The predicted molar refractivity (Wildman–Crippen MR) is 84.8 cm³/mol. The molecular formula is C16H20F3N3O2. The van der Waals surface area contributed by atoms with Crippen molar-refractivity contribution in [3.05, 3.63) is 23.8 Å². The summed E-state index contributed by atoms with van der Waals surface area (Å²) in [5.41, 5.74) is -0.846. The van der Waals surface area contributed by atoms with Crippen molar-refractivity contribution in [2.75, 3.05) is 24.3 Å². The van der Waals surface area contributed by atoms with Crippen molar-refractivity contribution < 1.29 is 22.8 Å². The smallest absolute Gasteiger partial charge is 0.378 e. The minimum absolute atomic E-state index is 0.258. The van der Waals surface area contributed by atoms with E-state index < -0.39 is 23.7 Å². The molecule has 1 aliphatic heterocycles. The lowest BCUT2D eigenvalue weighted by Crippen LogP contribution is -2.42. The van der Waals surface area contributed by atoms with Gasteiger partial charge < -0.3 is 15.5 Å². The maximum absolute atomic E-state index is 13.3. The number of amides is 2. The van der Waals surface area contributed by atoms with E-state index >= 15 is 0 Å². The van der Waals surface area contributed by atoms with Crippen molar-refractivity contribution in [2.45, 2.75) is 37.9 Å². The van der Waals surface area contributed by atoms with E-state index in [0.29, 0.717) is 31.4 Å². The molecule has 0 saturated carbocycles. The number of carbonyl (C=O) groups excluding carboxylic acids is 2. The van der Waals surface area contributed by atoms with E-state index in [1.165, 1.54) is 12.1 Å². The number of nitrogens with one attached hydrogen (secondary N) is 2. The Bertz CT molecular complexity index is 629. The van der Waals surface area contributed by atoms with E-state index in [9.17, 15) is 22.8 Å². The average Bonchev–Trinajstić information content (AvgIpc) is 2.71. The fraction of sp³-hybridized carbons (Fsp3) is 0.500. The van der Waals surface area contributed by atoms with Crippen LogP contribution in [0.2, 0.25) is 0 Å². The first-order chi connectivity index (χ1) is 11.2. The van der Waals surface area contributed by atoms with E-state index in [-0.39, 0.29) is 11.6 Å². The molecule has 0 bridgehead atoms. The highest BCUT2D eigenvalue weighted by atomic mass is 19.4. The molecule has 1 unspecified atom stereocenters. The lowest BCUT2D eigenvalue weighted by atomic mass is 10.1.